The zero-order chi connectivity index (χ0) is 28.4. The minimum absolute atomic E-state index is 0.0702. The molecular weight excluding hydrogens is 559 g/mol. The molecular formula is C31H42BrFN4O2. The normalized spacial score (nSPS) is 24.7. The topological polar surface area (TPSA) is 54.3 Å². The highest BCUT2D eigenvalue weighted by Gasteiger charge is 2.54. The number of benzene rings is 2. The molecule has 0 saturated carbocycles. The first-order chi connectivity index (χ1) is 18.2. The van der Waals surface area contributed by atoms with Crippen molar-refractivity contribution in [2.75, 3.05) is 31.1 Å². The van der Waals surface area contributed by atoms with Crippen molar-refractivity contribution in [3.63, 3.8) is 0 Å². The van der Waals surface area contributed by atoms with E-state index in [9.17, 15) is 10.0 Å². The highest BCUT2D eigenvalue weighted by molar-refractivity contribution is 9.10. The lowest BCUT2D eigenvalue weighted by Crippen LogP contribution is -3.18. The van der Waals surface area contributed by atoms with Crippen molar-refractivity contribution >= 4 is 27.5 Å². The van der Waals surface area contributed by atoms with E-state index in [1.165, 1.54) is 17.2 Å². The molecule has 3 atom stereocenters. The van der Waals surface area contributed by atoms with E-state index < -0.39 is 5.41 Å². The second kappa shape index (κ2) is 10.2. The molecule has 6 nitrogen and oxygen atoms in total. The van der Waals surface area contributed by atoms with E-state index >= 15 is 4.39 Å². The molecule has 212 valence electrons. The van der Waals surface area contributed by atoms with Crippen LogP contribution in [0.2, 0.25) is 0 Å². The lowest BCUT2D eigenvalue weighted by molar-refractivity contribution is -0.995. The van der Waals surface area contributed by atoms with Gasteiger partial charge in [0, 0.05) is 41.4 Å². The summed E-state index contributed by atoms with van der Waals surface area (Å²) >= 11 is 3.37. The number of carbonyl (C=O) groups excluding carboxylic acids is 1. The summed E-state index contributed by atoms with van der Waals surface area (Å²) in [6.45, 7) is 17.1. The summed E-state index contributed by atoms with van der Waals surface area (Å²) in [6.07, 6.45) is 1.23. The summed E-state index contributed by atoms with van der Waals surface area (Å²) < 4.78 is 15.8. The minimum atomic E-state index is -0.584. The molecule has 39 heavy (non-hydrogen) atoms. The number of likely N-dealkylation sites (tertiary alicyclic amines) is 1. The van der Waals surface area contributed by atoms with Crippen LogP contribution in [0.5, 0.6) is 0 Å². The molecule has 1 amide bonds. The Morgan fingerprint density at radius 2 is 1.72 bits per heavy atom. The molecule has 1 unspecified atom stereocenters. The summed E-state index contributed by atoms with van der Waals surface area (Å²) in [7, 11) is 0. The quantitative estimate of drug-likeness (QED) is 0.509. The Morgan fingerprint density at radius 3 is 2.31 bits per heavy atom. The summed E-state index contributed by atoms with van der Waals surface area (Å²) in [5, 5.41) is 16.1. The van der Waals surface area contributed by atoms with Gasteiger partial charge in [0.2, 0.25) is 5.91 Å². The van der Waals surface area contributed by atoms with Crippen molar-refractivity contribution in [1.82, 2.24) is 9.91 Å². The van der Waals surface area contributed by atoms with Gasteiger partial charge in [0.1, 0.15) is 11.9 Å². The fraction of sp³-hybridized carbons (Fsp3) is 0.581. The highest BCUT2D eigenvalue weighted by Crippen LogP contribution is 2.49. The second-order valence-electron chi connectivity index (χ2n) is 13.1. The van der Waals surface area contributed by atoms with Crippen LogP contribution in [0.3, 0.4) is 0 Å². The van der Waals surface area contributed by atoms with Gasteiger partial charge in [-0.2, -0.15) is 5.01 Å². The number of anilines is 1. The third kappa shape index (κ3) is 4.86. The Kier molecular flexibility index (Phi) is 7.51. The monoisotopic (exact) mass is 600 g/mol. The molecule has 1 N–H and O–H groups in total. The van der Waals surface area contributed by atoms with Crippen LogP contribution >= 0.6 is 15.9 Å². The fourth-order valence-corrected chi connectivity index (χ4v) is 7.23. The molecule has 0 radical (unpaired) electrons. The van der Waals surface area contributed by atoms with Gasteiger partial charge in [-0.15, -0.1) is 0 Å². The predicted octanol–water partition coefficient (Wildman–Crippen LogP) is 4.86. The van der Waals surface area contributed by atoms with E-state index in [0.717, 1.165) is 11.3 Å². The lowest BCUT2D eigenvalue weighted by Gasteiger charge is -2.45. The van der Waals surface area contributed by atoms with E-state index in [2.05, 4.69) is 81.4 Å². The average Bonchev–Trinajstić information content (AvgIpc) is 3.39. The van der Waals surface area contributed by atoms with Crippen molar-refractivity contribution in [1.29, 1.82) is 0 Å². The van der Waals surface area contributed by atoms with Gasteiger partial charge in [-0.1, -0.05) is 28.1 Å². The fourth-order valence-electron chi connectivity index (χ4n) is 6.90. The van der Waals surface area contributed by atoms with Crippen LogP contribution in [-0.2, 0) is 10.2 Å². The molecule has 5 rings (SSSR count). The number of fused-ring (bicyclic) bond motifs is 2. The number of carbonyl (C=O) groups is 1. The molecule has 3 heterocycles. The third-order valence-electron chi connectivity index (χ3n) is 9.41. The van der Waals surface area contributed by atoms with Gasteiger partial charge in [-0.25, -0.2) is 4.39 Å². The number of aryl methyl sites for hydroxylation is 2. The molecule has 0 bridgehead atoms. The molecule has 0 aromatic heterocycles. The maximum Gasteiger partial charge on any atom is 0.238 e. The van der Waals surface area contributed by atoms with Crippen LogP contribution in [0.25, 0.3) is 0 Å². The van der Waals surface area contributed by atoms with Gasteiger partial charge in [0.15, 0.2) is 0 Å². The van der Waals surface area contributed by atoms with Crippen LogP contribution in [0.4, 0.5) is 10.1 Å². The van der Waals surface area contributed by atoms with Crippen LogP contribution in [0.15, 0.2) is 34.8 Å². The van der Waals surface area contributed by atoms with Crippen molar-refractivity contribution < 1.29 is 14.4 Å². The van der Waals surface area contributed by atoms with Gasteiger partial charge in [0.05, 0.1) is 17.9 Å². The van der Waals surface area contributed by atoms with Gasteiger partial charge >= 0.3 is 0 Å². The standard InChI is InChI=1S/C31H42BrFN4O2/c1-19(2)36-27-15-21(4)20(3)14-25(27)31(29(36)38)10-12-35(13-11-31)37(39)28-18-34(30(5,6)7)17-24(28)23-9-8-22(32)16-26(23)33/h8-9,14-16,19,24,28,37H,10-13,17-18H2,1-7H3/t24-,28+/m0/s1. The summed E-state index contributed by atoms with van der Waals surface area (Å²) in [4.78, 5) is 18.2. The van der Waals surface area contributed by atoms with E-state index in [-0.39, 0.29) is 40.4 Å². The van der Waals surface area contributed by atoms with Crippen molar-refractivity contribution in [3.05, 3.63) is 68.1 Å². The summed E-state index contributed by atoms with van der Waals surface area (Å²) in [5.74, 6) is -0.316. The Hall–Kier alpha value is -1.84. The molecule has 2 aromatic rings. The zero-order valence-corrected chi connectivity index (χ0v) is 25.9. The molecule has 0 aliphatic carbocycles. The molecule has 2 fully saturated rings. The maximum absolute atomic E-state index is 15.1. The summed E-state index contributed by atoms with van der Waals surface area (Å²) in [5.41, 5.74) is 4.42. The van der Waals surface area contributed by atoms with Gasteiger partial charge in [-0.05, 0) is 102 Å². The first-order valence-corrected chi connectivity index (χ1v) is 15.0. The van der Waals surface area contributed by atoms with Crippen molar-refractivity contribution in [3.8, 4) is 0 Å². The molecule has 2 saturated heterocycles. The summed E-state index contributed by atoms with van der Waals surface area (Å²) in [6, 6.07) is 9.28. The Labute approximate surface area is 240 Å². The van der Waals surface area contributed by atoms with E-state index in [0.29, 0.717) is 49.1 Å². The number of hydrogen-bond donors (Lipinski definition) is 1. The SMILES string of the molecule is Cc1cc2c(cc1C)C1(CCN([NH+]([O-])[C@@H]3CN(C(C)(C)C)C[C@H]3c3ccc(Br)cc3F)CC1)C(=O)N2C(C)C. The minimum Gasteiger partial charge on any atom is -0.613 e. The smallest absolute Gasteiger partial charge is 0.238 e. The maximum atomic E-state index is 15.1. The molecule has 3 aliphatic rings. The molecule has 2 aromatic carbocycles. The molecule has 1 spiro atoms. The van der Waals surface area contributed by atoms with Gasteiger partial charge in [0.25, 0.3) is 0 Å². The number of hydrogen-bond acceptors (Lipinski definition) is 4. The van der Waals surface area contributed by atoms with Gasteiger partial charge < -0.3 is 10.1 Å². The van der Waals surface area contributed by atoms with Crippen LogP contribution < -0.4 is 10.1 Å². The number of nitrogens with one attached hydrogen (secondary N) is 1. The van der Waals surface area contributed by atoms with Gasteiger partial charge in [-0.3, -0.25) is 14.9 Å². The molecule has 3 aliphatic heterocycles. The van der Waals surface area contributed by atoms with Crippen molar-refractivity contribution in [2.45, 2.75) is 90.3 Å². The number of nitrogens with zero attached hydrogens (tertiary/aromatic N) is 3. The largest absolute Gasteiger partial charge is 0.613 e. The first-order valence-electron chi connectivity index (χ1n) is 14.2. The number of piperidine rings is 1. The number of amides is 1. The van der Waals surface area contributed by atoms with E-state index in [1.54, 1.807) is 0 Å². The predicted molar refractivity (Wildman–Crippen MR) is 157 cm³/mol. The Balaban J connectivity index is 1.41. The average molecular weight is 602 g/mol. The third-order valence-corrected chi connectivity index (χ3v) is 9.90. The number of halogens is 2. The Bertz CT molecular complexity index is 1270. The molecule has 8 heteroatoms. The zero-order valence-electron chi connectivity index (χ0n) is 24.3. The Morgan fingerprint density at radius 1 is 1.08 bits per heavy atom. The highest BCUT2D eigenvalue weighted by atomic mass is 79.9. The van der Waals surface area contributed by atoms with E-state index in [4.69, 9.17) is 0 Å². The van der Waals surface area contributed by atoms with Crippen molar-refractivity contribution in [2.24, 2.45) is 0 Å². The van der Waals surface area contributed by atoms with Crippen LogP contribution in [0, 0.1) is 24.9 Å². The lowest BCUT2D eigenvalue weighted by atomic mass is 9.73. The van der Waals surface area contributed by atoms with Crippen LogP contribution in [0.1, 0.15) is 75.6 Å². The number of hydroxylamine groups is 1. The second-order valence-corrected chi connectivity index (χ2v) is 14.0. The first kappa shape index (κ1) is 28.7. The number of rotatable bonds is 4. The van der Waals surface area contributed by atoms with E-state index in [1.807, 2.05) is 22.0 Å². The number of quaternary nitrogens is 1. The van der Waals surface area contributed by atoms with Crippen LogP contribution in [-0.4, -0.2) is 59.6 Å².